The zero-order valence-electron chi connectivity index (χ0n) is 18.2. The normalized spacial score (nSPS) is 14.8. The number of fused-ring (bicyclic) bond motifs is 1. The van der Waals surface area contributed by atoms with Crippen molar-refractivity contribution in [2.45, 2.75) is 19.9 Å². The van der Waals surface area contributed by atoms with Crippen molar-refractivity contribution in [1.82, 2.24) is 14.8 Å². The summed E-state index contributed by atoms with van der Waals surface area (Å²) in [6.07, 6.45) is 2.02. The molecule has 164 valence electrons. The lowest BCUT2D eigenvalue weighted by Gasteiger charge is -2.24. The van der Waals surface area contributed by atoms with E-state index in [2.05, 4.69) is 20.7 Å². The Morgan fingerprint density at radius 3 is 2.48 bits per heavy atom. The molecule has 0 aliphatic carbocycles. The maximum atomic E-state index is 13.6. The predicted molar refractivity (Wildman–Crippen MR) is 126 cm³/mol. The van der Waals surface area contributed by atoms with Crippen LogP contribution in [0.25, 0.3) is 5.70 Å². The molecule has 0 fully saturated rings. The van der Waals surface area contributed by atoms with Gasteiger partial charge in [0.1, 0.15) is 11.9 Å². The number of halogens is 1. The summed E-state index contributed by atoms with van der Waals surface area (Å²) < 4.78 is 15.2. The highest BCUT2D eigenvalue weighted by atomic mass is 19.1. The zero-order valence-corrected chi connectivity index (χ0v) is 18.2. The summed E-state index contributed by atoms with van der Waals surface area (Å²) in [5.41, 5.74) is 5.39. The summed E-state index contributed by atoms with van der Waals surface area (Å²) >= 11 is 0. The monoisotopic (exact) mass is 439 g/mol. The molecule has 0 unspecified atom stereocenters. The molecule has 7 heteroatoms. The minimum atomic E-state index is -0.324. The number of aromatic nitrogens is 3. The first-order chi connectivity index (χ1) is 16.0. The van der Waals surface area contributed by atoms with Crippen molar-refractivity contribution in [2.24, 2.45) is 0 Å². The Balaban J connectivity index is 1.51. The number of allylic oxidation sites excluding steroid dienone is 1. The molecule has 4 aromatic rings. The van der Waals surface area contributed by atoms with Gasteiger partial charge in [-0.2, -0.15) is 4.98 Å². The number of amides is 1. The first-order valence-electron chi connectivity index (χ1n) is 10.6. The zero-order chi connectivity index (χ0) is 22.9. The van der Waals surface area contributed by atoms with Gasteiger partial charge in [0.25, 0.3) is 11.9 Å². The first kappa shape index (κ1) is 20.6. The molecular weight excluding hydrogens is 417 g/mol. The summed E-state index contributed by atoms with van der Waals surface area (Å²) in [6.45, 7) is 3.97. The SMILES string of the molecule is Cc1ccc(C2=C[C@@H](c3ccc(F)cc3)n3nc(NC(=O)c4cccc(C)c4)nc3N2)cc1. The predicted octanol–water partition coefficient (Wildman–Crippen LogP) is 5.34. The number of hydrogen-bond acceptors (Lipinski definition) is 4. The van der Waals surface area contributed by atoms with Crippen LogP contribution in [-0.4, -0.2) is 20.7 Å². The molecule has 0 saturated heterocycles. The molecule has 0 saturated carbocycles. The summed E-state index contributed by atoms with van der Waals surface area (Å²) in [4.78, 5) is 17.2. The van der Waals surface area contributed by atoms with Crippen LogP contribution in [0.4, 0.5) is 16.3 Å². The molecule has 3 aromatic carbocycles. The average molecular weight is 439 g/mol. The summed E-state index contributed by atoms with van der Waals surface area (Å²) in [7, 11) is 0. The summed E-state index contributed by atoms with van der Waals surface area (Å²) in [6, 6.07) is 21.4. The van der Waals surface area contributed by atoms with Crippen molar-refractivity contribution in [3.05, 3.63) is 113 Å². The molecule has 1 aromatic heterocycles. The van der Waals surface area contributed by atoms with Crippen LogP contribution in [-0.2, 0) is 0 Å². The van der Waals surface area contributed by atoms with Crippen LogP contribution in [0.5, 0.6) is 0 Å². The van der Waals surface area contributed by atoms with E-state index in [1.807, 2.05) is 62.4 Å². The van der Waals surface area contributed by atoms with Gasteiger partial charge in [0.05, 0.1) is 0 Å². The number of nitrogens with zero attached hydrogens (tertiary/aromatic N) is 3. The van der Waals surface area contributed by atoms with Crippen LogP contribution in [0.1, 0.15) is 38.7 Å². The standard InChI is InChI=1S/C26H22FN5O/c1-16-6-8-18(9-7-16)22-15-23(19-10-12-21(27)13-11-19)32-26(28-22)30-25(31-32)29-24(33)20-5-3-4-17(2)14-20/h3-15,23H,1-2H3,(H2,28,29,30,31,33)/t23-/m0/s1. The maximum Gasteiger partial charge on any atom is 0.258 e. The van der Waals surface area contributed by atoms with E-state index in [9.17, 15) is 9.18 Å². The van der Waals surface area contributed by atoms with Gasteiger partial charge in [0.15, 0.2) is 0 Å². The van der Waals surface area contributed by atoms with Gasteiger partial charge in [-0.1, -0.05) is 59.7 Å². The number of carbonyl (C=O) groups is 1. The Hall–Kier alpha value is -4.26. The van der Waals surface area contributed by atoms with Crippen LogP contribution in [0, 0.1) is 19.7 Å². The second kappa shape index (κ2) is 8.35. The topological polar surface area (TPSA) is 71.8 Å². The molecule has 1 aliphatic heterocycles. The van der Waals surface area contributed by atoms with Crippen molar-refractivity contribution in [1.29, 1.82) is 0 Å². The minimum Gasteiger partial charge on any atom is -0.324 e. The smallest absolute Gasteiger partial charge is 0.258 e. The molecule has 2 heterocycles. The fourth-order valence-corrected chi connectivity index (χ4v) is 3.80. The fraction of sp³-hybridized carbons (Fsp3) is 0.115. The average Bonchev–Trinajstić information content (AvgIpc) is 3.22. The van der Waals surface area contributed by atoms with Gasteiger partial charge in [-0.05, 0) is 55.3 Å². The Morgan fingerprint density at radius 1 is 1.00 bits per heavy atom. The molecule has 1 atom stereocenters. The van der Waals surface area contributed by atoms with E-state index in [1.54, 1.807) is 22.9 Å². The number of nitrogens with one attached hydrogen (secondary N) is 2. The van der Waals surface area contributed by atoms with Gasteiger partial charge >= 0.3 is 0 Å². The van der Waals surface area contributed by atoms with Crippen LogP contribution in [0.2, 0.25) is 0 Å². The van der Waals surface area contributed by atoms with Crippen molar-refractivity contribution in [3.8, 4) is 0 Å². The van der Waals surface area contributed by atoms with E-state index in [-0.39, 0.29) is 23.7 Å². The number of aryl methyl sites for hydroxylation is 2. The molecule has 1 amide bonds. The minimum absolute atomic E-state index is 0.190. The Kier molecular flexibility index (Phi) is 5.22. The number of anilines is 2. The van der Waals surface area contributed by atoms with Crippen molar-refractivity contribution < 1.29 is 9.18 Å². The molecule has 6 nitrogen and oxygen atoms in total. The van der Waals surface area contributed by atoms with Crippen molar-refractivity contribution in [2.75, 3.05) is 10.6 Å². The molecule has 33 heavy (non-hydrogen) atoms. The molecule has 0 radical (unpaired) electrons. The van der Waals surface area contributed by atoms with E-state index >= 15 is 0 Å². The van der Waals surface area contributed by atoms with Gasteiger partial charge in [-0.3, -0.25) is 10.1 Å². The first-order valence-corrected chi connectivity index (χ1v) is 10.6. The Labute approximate surface area is 190 Å². The Morgan fingerprint density at radius 2 is 1.76 bits per heavy atom. The van der Waals surface area contributed by atoms with Crippen LogP contribution in [0.3, 0.4) is 0 Å². The molecule has 0 bridgehead atoms. The highest BCUT2D eigenvalue weighted by molar-refractivity contribution is 6.03. The lowest BCUT2D eigenvalue weighted by Crippen LogP contribution is -2.20. The van der Waals surface area contributed by atoms with Gasteiger partial charge in [-0.15, -0.1) is 5.10 Å². The van der Waals surface area contributed by atoms with Gasteiger partial charge in [0, 0.05) is 11.3 Å². The van der Waals surface area contributed by atoms with E-state index in [0.29, 0.717) is 11.5 Å². The fourth-order valence-electron chi connectivity index (χ4n) is 3.80. The Bertz CT molecular complexity index is 1360. The highest BCUT2D eigenvalue weighted by Crippen LogP contribution is 2.33. The van der Waals surface area contributed by atoms with E-state index < -0.39 is 0 Å². The third kappa shape index (κ3) is 4.25. The number of rotatable bonds is 4. The molecule has 2 N–H and O–H groups in total. The lowest BCUT2D eigenvalue weighted by molar-refractivity contribution is 0.102. The second-order valence-electron chi connectivity index (χ2n) is 8.09. The maximum absolute atomic E-state index is 13.6. The van der Waals surface area contributed by atoms with E-state index in [0.717, 1.165) is 28.0 Å². The van der Waals surface area contributed by atoms with Crippen molar-refractivity contribution in [3.63, 3.8) is 0 Å². The second-order valence-corrected chi connectivity index (χ2v) is 8.09. The van der Waals surface area contributed by atoms with Gasteiger partial charge in [-0.25, -0.2) is 9.07 Å². The van der Waals surface area contributed by atoms with Crippen molar-refractivity contribution >= 4 is 23.5 Å². The lowest BCUT2D eigenvalue weighted by atomic mass is 10.0. The van der Waals surface area contributed by atoms with E-state index in [4.69, 9.17) is 0 Å². The van der Waals surface area contributed by atoms with Gasteiger partial charge < -0.3 is 5.32 Å². The van der Waals surface area contributed by atoms with Gasteiger partial charge in [0.2, 0.25) is 5.95 Å². The third-order valence-electron chi connectivity index (χ3n) is 5.55. The molecular formula is C26H22FN5O. The molecule has 5 rings (SSSR count). The summed E-state index contributed by atoms with van der Waals surface area (Å²) in [5, 5.41) is 10.6. The highest BCUT2D eigenvalue weighted by Gasteiger charge is 2.26. The molecule has 0 spiro atoms. The molecule has 1 aliphatic rings. The van der Waals surface area contributed by atoms with Crippen LogP contribution >= 0.6 is 0 Å². The summed E-state index contributed by atoms with van der Waals surface area (Å²) in [5.74, 6) is 0.0867. The quantitative estimate of drug-likeness (QED) is 0.450. The van der Waals surface area contributed by atoms with Crippen LogP contribution < -0.4 is 10.6 Å². The largest absolute Gasteiger partial charge is 0.324 e. The number of carbonyl (C=O) groups excluding carboxylic acids is 1. The number of benzene rings is 3. The number of hydrogen-bond donors (Lipinski definition) is 2. The van der Waals surface area contributed by atoms with Crippen LogP contribution in [0.15, 0.2) is 78.9 Å². The van der Waals surface area contributed by atoms with E-state index in [1.165, 1.54) is 12.1 Å². The third-order valence-corrected chi connectivity index (χ3v) is 5.55.